The Kier molecular flexibility index (Phi) is 6.77. The van der Waals surface area contributed by atoms with Crippen LogP contribution >= 0.6 is 15.9 Å². The van der Waals surface area contributed by atoms with Crippen LogP contribution in [0.25, 0.3) is 10.9 Å². The smallest absolute Gasteiger partial charge is 0.195 e. The fourth-order valence-electron chi connectivity index (χ4n) is 3.67. The average molecular weight is 460 g/mol. The summed E-state index contributed by atoms with van der Waals surface area (Å²) in [5, 5.41) is 19.4. The maximum atomic E-state index is 13.7. The number of aromatic nitrogens is 1. The van der Waals surface area contributed by atoms with Gasteiger partial charge in [0.05, 0.1) is 12.2 Å². The van der Waals surface area contributed by atoms with Crippen LogP contribution in [0.1, 0.15) is 41.0 Å². The van der Waals surface area contributed by atoms with Crippen LogP contribution in [-0.4, -0.2) is 39.9 Å². The third-order valence-electron chi connectivity index (χ3n) is 5.21. The van der Waals surface area contributed by atoms with Crippen molar-refractivity contribution in [3.05, 3.63) is 63.3 Å². The van der Waals surface area contributed by atoms with Crippen molar-refractivity contribution in [3.63, 3.8) is 0 Å². The van der Waals surface area contributed by atoms with Gasteiger partial charge in [0.15, 0.2) is 5.78 Å². The highest BCUT2D eigenvalue weighted by molar-refractivity contribution is 9.10. The monoisotopic (exact) mass is 459 g/mol. The third kappa shape index (κ3) is 4.25. The van der Waals surface area contributed by atoms with Crippen LogP contribution in [0.2, 0.25) is 0 Å². The average Bonchev–Trinajstić information content (AvgIpc) is 3.02. The number of fused-ring (bicyclic) bond motifs is 1. The van der Waals surface area contributed by atoms with Gasteiger partial charge >= 0.3 is 0 Å². The fourth-order valence-corrected chi connectivity index (χ4v) is 4.02. The molecular formula is C23H26BrNO4. The number of carbonyl (C=O) groups excluding carboxylic acids is 1. The number of halogens is 1. The van der Waals surface area contributed by atoms with Crippen molar-refractivity contribution in [1.82, 2.24) is 4.57 Å². The van der Waals surface area contributed by atoms with Crippen molar-refractivity contribution in [2.75, 3.05) is 13.2 Å². The maximum absolute atomic E-state index is 13.7. The van der Waals surface area contributed by atoms with Crippen LogP contribution in [0, 0.1) is 0 Å². The minimum atomic E-state index is -0.955. The molecule has 1 heterocycles. The predicted octanol–water partition coefficient (Wildman–Crippen LogP) is 4.03. The zero-order valence-corrected chi connectivity index (χ0v) is 18.5. The number of aliphatic hydroxyl groups excluding tert-OH is 2. The van der Waals surface area contributed by atoms with Gasteiger partial charge in [0.1, 0.15) is 18.5 Å². The number of hydrogen-bond donors (Lipinski definition) is 2. The van der Waals surface area contributed by atoms with E-state index in [1.807, 2.05) is 38.2 Å². The lowest BCUT2D eigenvalue weighted by Crippen LogP contribution is -2.21. The Morgan fingerprint density at radius 2 is 1.93 bits per heavy atom. The highest BCUT2D eigenvalue weighted by atomic mass is 79.9. The second-order valence-corrected chi connectivity index (χ2v) is 7.96. The van der Waals surface area contributed by atoms with Gasteiger partial charge in [0.2, 0.25) is 0 Å². The molecule has 6 heteroatoms. The SMILES string of the molecule is CCc1ccc(OC[C@H](O)CO)cc1C(=O)c1c(CC)n(C)c2cc(Br)ccc12. The summed E-state index contributed by atoms with van der Waals surface area (Å²) >= 11 is 3.52. The number of hydrogen-bond acceptors (Lipinski definition) is 4. The van der Waals surface area contributed by atoms with Crippen LogP contribution in [0.5, 0.6) is 5.75 Å². The molecule has 0 radical (unpaired) electrons. The van der Waals surface area contributed by atoms with Gasteiger partial charge < -0.3 is 19.5 Å². The van der Waals surface area contributed by atoms with Crippen molar-refractivity contribution in [2.45, 2.75) is 32.8 Å². The van der Waals surface area contributed by atoms with E-state index in [1.54, 1.807) is 12.1 Å². The predicted molar refractivity (Wildman–Crippen MR) is 118 cm³/mol. The molecule has 2 aromatic carbocycles. The number of aryl methyl sites for hydroxylation is 2. The molecule has 29 heavy (non-hydrogen) atoms. The summed E-state index contributed by atoms with van der Waals surface area (Å²) < 4.78 is 8.63. The fraction of sp³-hybridized carbons (Fsp3) is 0.348. The lowest BCUT2D eigenvalue weighted by molar-refractivity contribution is 0.0536. The van der Waals surface area contributed by atoms with E-state index in [0.717, 1.165) is 45.0 Å². The normalized spacial score (nSPS) is 12.3. The van der Waals surface area contributed by atoms with Crippen LogP contribution < -0.4 is 4.74 Å². The van der Waals surface area contributed by atoms with Crippen molar-refractivity contribution >= 4 is 32.6 Å². The Morgan fingerprint density at radius 3 is 2.59 bits per heavy atom. The second-order valence-electron chi connectivity index (χ2n) is 7.04. The van der Waals surface area contributed by atoms with E-state index in [2.05, 4.69) is 27.4 Å². The topological polar surface area (TPSA) is 71.7 Å². The first-order chi connectivity index (χ1) is 13.9. The lowest BCUT2D eigenvalue weighted by atomic mass is 9.94. The second kappa shape index (κ2) is 9.11. The van der Waals surface area contributed by atoms with Gasteiger partial charge in [-0.1, -0.05) is 41.9 Å². The van der Waals surface area contributed by atoms with E-state index >= 15 is 0 Å². The number of ketones is 1. The molecule has 0 spiro atoms. The number of aliphatic hydroxyl groups is 2. The maximum Gasteiger partial charge on any atom is 0.195 e. The molecule has 0 unspecified atom stereocenters. The molecule has 0 bridgehead atoms. The van der Waals surface area contributed by atoms with Gasteiger partial charge in [0.25, 0.3) is 0 Å². The number of benzene rings is 2. The van der Waals surface area contributed by atoms with Crippen molar-refractivity contribution in [3.8, 4) is 5.75 Å². The van der Waals surface area contributed by atoms with Crippen molar-refractivity contribution in [1.29, 1.82) is 0 Å². The zero-order valence-electron chi connectivity index (χ0n) is 16.9. The van der Waals surface area contributed by atoms with Crippen LogP contribution in [0.4, 0.5) is 0 Å². The van der Waals surface area contributed by atoms with Crippen LogP contribution in [0.15, 0.2) is 40.9 Å². The first kappa shape index (κ1) is 21.6. The van der Waals surface area contributed by atoms with E-state index in [4.69, 9.17) is 9.84 Å². The summed E-state index contributed by atoms with van der Waals surface area (Å²) in [6.07, 6.45) is 0.506. The molecule has 1 aromatic heterocycles. The standard InChI is InChI=1S/C23H26BrNO4/c1-4-14-6-8-17(29-13-16(27)12-26)11-19(14)23(28)22-18-9-7-15(24)10-21(18)25(3)20(22)5-2/h6-11,16,26-27H,4-5,12-13H2,1-3H3/t16-/m1/s1. The van der Waals surface area contributed by atoms with Gasteiger partial charge in [-0.05, 0) is 42.7 Å². The zero-order chi connectivity index (χ0) is 21.1. The van der Waals surface area contributed by atoms with E-state index in [0.29, 0.717) is 11.3 Å². The molecule has 3 rings (SSSR count). The van der Waals surface area contributed by atoms with Crippen LogP contribution in [0.3, 0.4) is 0 Å². The van der Waals surface area contributed by atoms with Gasteiger partial charge in [-0.25, -0.2) is 0 Å². The molecule has 1 atom stereocenters. The first-order valence-corrected chi connectivity index (χ1v) is 10.6. The van der Waals surface area contributed by atoms with E-state index in [-0.39, 0.29) is 19.0 Å². The van der Waals surface area contributed by atoms with E-state index < -0.39 is 6.10 Å². The van der Waals surface area contributed by atoms with Gasteiger partial charge in [-0.3, -0.25) is 4.79 Å². The van der Waals surface area contributed by atoms with E-state index in [9.17, 15) is 9.90 Å². The minimum absolute atomic E-state index is 0.0280. The Labute approximate surface area is 179 Å². The molecule has 0 amide bonds. The Morgan fingerprint density at radius 1 is 1.17 bits per heavy atom. The summed E-state index contributed by atoms with van der Waals surface area (Å²) in [4.78, 5) is 13.7. The Bertz CT molecular complexity index is 1040. The summed E-state index contributed by atoms with van der Waals surface area (Å²) in [6, 6.07) is 11.4. The quantitative estimate of drug-likeness (QED) is 0.498. The van der Waals surface area contributed by atoms with Crippen LogP contribution in [-0.2, 0) is 19.9 Å². The Hall–Kier alpha value is -2.15. The van der Waals surface area contributed by atoms with Gasteiger partial charge in [-0.2, -0.15) is 0 Å². The van der Waals surface area contributed by atoms with Crippen molar-refractivity contribution < 1.29 is 19.7 Å². The molecule has 154 valence electrons. The molecule has 0 saturated carbocycles. The number of ether oxygens (including phenoxy) is 1. The van der Waals surface area contributed by atoms with Gasteiger partial charge in [-0.15, -0.1) is 0 Å². The highest BCUT2D eigenvalue weighted by Gasteiger charge is 2.23. The number of rotatable bonds is 8. The molecule has 5 nitrogen and oxygen atoms in total. The minimum Gasteiger partial charge on any atom is -0.491 e. The molecule has 3 aromatic rings. The molecule has 0 aliphatic rings. The molecule has 2 N–H and O–H groups in total. The summed E-state index contributed by atoms with van der Waals surface area (Å²) in [5.74, 6) is 0.471. The molecule has 0 fully saturated rings. The Balaban J connectivity index is 2.10. The number of carbonyl (C=O) groups is 1. The largest absolute Gasteiger partial charge is 0.491 e. The van der Waals surface area contributed by atoms with Crippen molar-refractivity contribution in [2.24, 2.45) is 7.05 Å². The summed E-state index contributed by atoms with van der Waals surface area (Å²) in [7, 11) is 1.99. The molecule has 0 aliphatic carbocycles. The lowest BCUT2D eigenvalue weighted by Gasteiger charge is -2.13. The third-order valence-corrected chi connectivity index (χ3v) is 5.70. The van der Waals surface area contributed by atoms with E-state index in [1.165, 1.54) is 0 Å². The molecule has 0 aliphatic heterocycles. The molecule has 0 saturated heterocycles. The number of nitrogens with zero attached hydrogens (tertiary/aromatic N) is 1. The highest BCUT2D eigenvalue weighted by Crippen LogP contribution is 2.32. The summed E-state index contributed by atoms with van der Waals surface area (Å²) in [6.45, 7) is 3.67. The first-order valence-electron chi connectivity index (χ1n) is 9.77. The van der Waals surface area contributed by atoms with Gasteiger partial charge in [0, 0.05) is 33.7 Å². The summed E-state index contributed by atoms with van der Waals surface area (Å²) in [5.41, 5.74) is 4.28. The molecular weight excluding hydrogens is 434 g/mol.